The second-order valence-corrected chi connectivity index (χ2v) is 3.78. The number of rotatable bonds is 5. The molecule has 0 radical (unpaired) electrons. The first-order chi connectivity index (χ1) is 5.04. The van der Waals surface area contributed by atoms with Crippen LogP contribution in [0.15, 0.2) is 0 Å². The van der Waals surface area contributed by atoms with Gasteiger partial charge in [0.2, 0.25) is 5.91 Å². The topological polar surface area (TPSA) is 52.3 Å². The van der Waals surface area contributed by atoms with Gasteiger partial charge in [-0.15, -0.1) is 11.8 Å². The Balaban J connectivity index is 3.78. The molecule has 1 atom stereocenters. The number of carbonyl (C=O) groups is 1. The van der Waals surface area contributed by atoms with E-state index in [0.717, 1.165) is 0 Å². The SMILES string of the molecule is COC(C)(CCC(N)=O)SC. The Morgan fingerprint density at radius 2 is 2.27 bits per heavy atom. The summed E-state index contributed by atoms with van der Waals surface area (Å²) in [5, 5.41) is 0. The fourth-order valence-corrected chi connectivity index (χ4v) is 1.11. The molecule has 0 aromatic rings. The van der Waals surface area contributed by atoms with E-state index in [1.54, 1.807) is 18.9 Å². The molecule has 0 aliphatic rings. The minimum atomic E-state index is -0.276. The third-order valence-electron chi connectivity index (χ3n) is 1.69. The summed E-state index contributed by atoms with van der Waals surface area (Å²) >= 11 is 1.58. The molecule has 0 rings (SSSR count). The van der Waals surface area contributed by atoms with Crippen molar-refractivity contribution in [3.05, 3.63) is 0 Å². The van der Waals surface area contributed by atoms with Crippen LogP contribution >= 0.6 is 11.8 Å². The molecule has 0 aromatic carbocycles. The van der Waals surface area contributed by atoms with Gasteiger partial charge in [-0.05, 0) is 19.6 Å². The van der Waals surface area contributed by atoms with Crippen LogP contribution in [0.25, 0.3) is 0 Å². The summed E-state index contributed by atoms with van der Waals surface area (Å²) in [5.41, 5.74) is 5.01. The van der Waals surface area contributed by atoms with Crippen molar-refractivity contribution in [3.8, 4) is 0 Å². The predicted molar refractivity (Wildman–Crippen MR) is 47.4 cm³/mol. The lowest BCUT2D eigenvalue weighted by molar-refractivity contribution is -0.118. The summed E-state index contributed by atoms with van der Waals surface area (Å²) in [6.45, 7) is 1.95. The zero-order valence-corrected chi connectivity index (χ0v) is 8.03. The zero-order chi connectivity index (χ0) is 8.91. The van der Waals surface area contributed by atoms with Crippen molar-refractivity contribution in [2.75, 3.05) is 13.4 Å². The van der Waals surface area contributed by atoms with E-state index in [1.165, 1.54) is 0 Å². The molecule has 3 nitrogen and oxygen atoms in total. The lowest BCUT2D eigenvalue weighted by Gasteiger charge is -2.24. The van der Waals surface area contributed by atoms with Crippen molar-refractivity contribution in [3.63, 3.8) is 0 Å². The van der Waals surface area contributed by atoms with Crippen LogP contribution in [0.1, 0.15) is 19.8 Å². The van der Waals surface area contributed by atoms with Gasteiger partial charge in [0.15, 0.2) is 0 Å². The number of hydrogen-bond donors (Lipinski definition) is 1. The van der Waals surface area contributed by atoms with E-state index < -0.39 is 0 Å². The molecular formula is C7H15NO2S. The summed E-state index contributed by atoms with van der Waals surface area (Å²) in [6.07, 6.45) is 3.00. The minimum absolute atomic E-state index is 0.269. The van der Waals surface area contributed by atoms with E-state index >= 15 is 0 Å². The van der Waals surface area contributed by atoms with Crippen molar-refractivity contribution >= 4 is 17.7 Å². The number of ether oxygens (including phenoxy) is 1. The van der Waals surface area contributed by atoms with Gasteiger partial charge < -0.3 is 10.5 Å². The fourth-order valence-electron chi connectivity index (χ4n) is 0.638. The first-order valence-corrected chi connectivity index (χ1v) is 4.65. The van der Waals surface area contributed by atoms with Gasteiger partial charge in [0, 0.05) is 13.5 Å². The number of nitrogens with two attached hydrogens (primary N) is 1. The molecule has 0 heterocycles. The van der Waals surface area contributed by atoms with Crippen LogP contribution in [0.3, 0.4) is 0 Å². The van der Waals surface area contributed by atoms with Crippen molar-refractivity contribution < 1.29 is 9.53 Å². The van der Waals surface area contributed by atoms with Crippen LogP contribution in [-0.4, -0.2) is 24.2 Å². The first-order valence-electron chi connectivity index (χ1n) is 3.42. The molecule has 0 saturated carbocycles. The smallest absolute Gasteiger partial charge is 0.217 e. The van der Waals surface area contributed by atoms with Gasteiger partial charge in [0.1, 0.15) is 4.93 Å². The molecule has 2 N–H and O–H groups in total. The van der Waals surface area contributed by atoms with Crippen LogP contribution in [-0.2, 0) is 9.53 Å². The zero-order valence-electron chi connectivity index (χ0n) is 7.22. The predicted octanol–water partition coefficient (Wildman–Crippen LogP) is 0.978. The molecular weight excluding hydrogens is 162 g/mol. The van der Waals surface area contributed by atoms with E-state index in [0.29, 0.717) is 12.8 Å². The van der Waals surface area contributed by atoms with Crippen molar-refractivity contribution in [2.24, 2.45) is 5.73 Å². The van der Waals surface area contributed by atoms with Crippen LogP contribution in [0, 0.1) is 0 Å². The maximum atomic E-state index is 10.4. The number of methoxy groups -OCH3 is 1. The molecule has 0 aliphatic heterocycles. The van der Waals surface area contributed by atoms with Crippen LogP contribution in [0.4, 0.5) is 0 Å². The highest BCUT2D eigenvalue weighted by Crippen LogP contribution is 2.27. The highest BCUT2D eigenvalue weighted by Gasteiger charge is 2.21. The van der Waals surface area contributed by atoms with E-state index in [2.05, 4.69) is 0 Å². The Bertz CT molecular complexity index is 134. The van der Waals surface area contributed by atoms with Gasteiger partial charge in [-0.2, -0.15) is 0 Å². The standard InChI is InChI=1S/C7H15NO2S/c1-7(10-2,11-3)5-4-6(8)9/h4-5H2,1-3H3,(H2,8,9). The Hall–Kier alpha value is -0.220. The van der Waals surface area contributed by atoms with Gasteiger partial charge in [-0.25, -0.2) is 0 Å². The van der Waals surface area contributed by atoms with E-state index in [-0.39, 0.29) is 10.8 Å². The third-order valence-corrected chi connectivity index (χ3v) is 2.92. The fraction of sp³-hybridized carbons (Fsp3) is 0.857. The molecule has 0 aliphatic carbocycles. The number of hydrogen-bond acceptors (Lipinski definition) is 3. The number of primary amides is 1. The second-order valence-electron chi connectivity index (χ2n) is 2.51. The average molecular weight is 177 g/mol. The Morgan fingerprint density at radius 1 is 1.73 bits per heavy atom. The van der Waals surface area contributed by atoms with Crippen LogP contribution in [0.5, 0.6) is 0 Å². The molecule has 0 fully saturated rings. The first kappa shape index (κ1) is 10.8. The third kappa shape index (κ3) is 4.27. The largest absolute Gasteiger partial charge is 0.370 e. The lowest BCUT2D eigenvalue weighted by atomic mass is 10.2. The van der Waals surface area contributed by atoms with Crippen LogP contribution in [0.2, 0.25) is 0 Å². The maximum absolute atomic E-state index is 10.4. The Labute approximate surface area is 71.7 Å². The molecule has 0 bridgehead atoms. The summed E-state index contributed by atoms with van der Waals surface area (Å²) < 4.78 is 5.19. The number of thioether (sulfide) groups is 1. The highest BCUT2D eigenvalue weighted by molar-refractivity contribution is 7.99. The van der Waals surface area contributed by atoms with Crippen molar-refractivity contribution in [2.45, 2.75) is 24.7 Å². The van der Waals surface area contributed by atoms with E-state index in [1.807, 2.05) is 13.2 Å². The molecule has 66 valence electrons. The normalized spacial score (nSPS) is 15.9. The molecule has 0 spiro atoms. The maximum Gasteiger partial charge on any atom is 0.217 e. The minimum Gasteiger partial charge on any atom is -0.370 e. The number of carbonyl (C=O) groups excluding carboxylic acids is 1. The lowest BCUT2D eigenvalue weighted by Crippen LogP contribution is -2.25. The molecule has 1 amide bonds. The summed E-state index contributed by atoms with van der Waals surface area (Å²) in [7, 11) is 1.64. The van der Waals surface area contributed by atoms with Gasteiger partial charge in [-0.1, -0.05) is 0 Å². The molecule has 4 heteroatoms. The van der Waals surface area contributed by atoms with E-state index in [9.17, 15) is 4.79 Å². The average Bonchev–Trinajstić information content (AvgIpc) is 2.00. The van der Waals surface area contributed by atoms with Gasteiger partial charge in [-0.3, -0.25) is 4.79 Å². The van der Waals surface area contributed by atoms with Gasteiger partial charge >= 0.3 is 0 Å². The van der Waals surface area contributed by atoms with Crippen molar-refractivity contribution in [1.82, 2.24) is 0 Å². The Kier molecular flexibility index (Phi) is 4.52. The van der Waals surface area contributed by atoms with Gasteiger partial charge in [0.25, 0.3) is 0 Å². The second kappa shape index (κ2) is 4.62. The highest BCUT2D eigenvalue weighted by atomic mass is 32.2. The van der Waals surface area contributed by atoms with E-state index in [4.69, 9.17) is 10.5 Å². The van der Waals surface area contributed by atoms with Crippen molar-refractivity contribution in [1.29, 1.82) is 0 Å². The summed E-state index contributed by atoms with van der Waals surface area (Å²) in [5.74, 6) is -0.276. The molecule has 11 heavy (non-hydrogen) atoms. The summed E-state index contributed by atoms with van der Waals surface area (Å²) in [6, 6.07) is 0. The van der Waals surface area contributed by atoms with Gasteiger partial charge in [0.05, 0.1) is 0 Å². The monoisotopic (exact) mass is 177 g/mol. The Morgan fingerprint density at radius 3 is 2.55 bits per heavy atom. The van der Waals surface area contributed by atoms with Crippen LogP contribution < -0.4 is 5.73 Å². The molecule has 1 unspecified atom stereocenters. The molecule has 0 aromatic heterocycles. The number of amides is 1. The molecule has 0 saturated heterocycles. The quantitative estimate of drug-likeness (QED) is 0.637. The summed E-state index contributed by atoms with van der Waals surface area (Å²) in [4.78, 5) is 10.2.